The third-order valence-electron chi connectivity index (χ3n) is 2.92. The summed E-state index contributed by atoms with van der Waals surface area (Å²) < 4.78 is 67.6. The number of methoxy groups -OCH3 is 1. The van der Waals surface area contributed by atoms with Crippen LogP contribution in [0, 0.1) is 0 Å². The number of rotatable bonds is 6. The number of hydrogen-bond donors (Lipinski definition) is 2. The lowest BCUT2D eigenvalue weighted by molar-refractivity contribution is -0.160. The van der Waals surface area contributed by atoms with Crippen LogP contribution < -0.4 is 10.0 Å². The van der Waals surface area contributed by atoms with Crippen LogP contribution in [0.2, 0.25) is 0 Å². The fraction of sp³-hybridized carbons (Fsp3) is 1.00. The van der Waals surface area contributed by atoms with E-state index in [4.69, 9.17) is 4.74 Å². The van der Waals surface area contributed by atoms with Crippen molar-refractivity contribution in [2.24, 2.45) is 0 Å². The van der Waals surface area contributed by atoms with Gasteiger partial charge in [-0.3, -0.25) is 0 Å². The Labute approximate surface area is 110 Å². The molecule has 0 aromatic carbocycles. The van der Waals surface area contributed by atoms with Gasteiger partial charge in [0.05, 0.1) is 5.75 Å². The highest BCUT2D eigenvalue weighted by Gasteiger charge is 2.41. The molecule has 5 nitrogen and oxygen atoms in total. The van der Waals surface area contributed by atoms with Gasteiger partial charge < -0.3 is 10.1 Å². The summed E-state index contributed by atoms with van der Waals surface area (Å²) in [6.45, 7) is 0.327. The predicted octanol–water partition coefficient (Wildman–Crippen LogP) is 0.625. The molecule has 0 aromatic rings. The number of sulfonamides is 1. The molecule has 1 fully saturated rings. The Kier molecular flexibility index (Phi) is 6.03. The zero-order valence-electron chi connectivity index (χ0n) is 10.7. The Bertz CT molecular complexity index is 365. The van der Waals surface area contributed by atoms with E-state index in [-0.39, 0.29) is 25.1 Å². The first-order valence-electron chi connectivity index (χ1n) is 6.03. The van der Waals surface area contributed by atoms with Crippen molar-refractivity contribution in [1.29, 1.82) is 0 Å². The van der Waals surface area contributed by atoms with E-state index >= 15 is 0 Å². The number of alkyl halides is 3. The summed E-state index contributed by atoms with van der Waals surface area (Å²) in [5, 5.41) is 2.32. The van der Waals surface area contributed by atoms with Gasteiger partial charge in [-0.05, 0) is 19.3 Å². The maximum absolute atomic E-state index is 12.4. The molecule has 1 aliphatic rings. The Hall–Kier alpha value is -0.380. The van der Waals surface area contributed by atoms with E-state index in [9.17, 15) is 21.6 Å². The van der Waals surface area contributed by atoms with Crippen molar-refractivity contribution in [3.8, 4) is 0 Å². The molecular weight excluding hydrogens is 285 g/mol. The van der Waals surface area contributed by atoms with Gasteiger partial charge in [-0.25, -0.2) is 13.1 Å². The molecule has 0 radical (unpaired) electrons. The van der Waals surface area contributed by atoms with Gasteiger partial charge in [0.1, 0.15) is 6.04 Å². The van der Waals surface area contributed by atoms with Gasteiger partial charge in [-0.15, -0.1) is 0 Å². The van der Waals surface area contributed by atoms with Crippen molar-refractivity contribution < 1.29 is 26.3 Å². The SMILES string of the molecule is COCCCS(=O)(=O)NC1CCC(C(F)(F)F)NC1. The molecule has 114 valence electrons. The molecule has 2 atom stereocenters. The largest absolute Gasteiger partial charge is 0.403 e. The van der Waals surface area contributed by atoms with Crippen LogP contribution in [0.5, 0.6) is 0 Å². The second-order valence-corrected chi connectivity index (χ2v) is 6.43. The molecule has 0 aliphatic carbocycles. The van der Waals surface area contributed by atoms with Crippen molar-refractivity contribution in [2.75, 3.05) is 26.0 Å². The maximum atomic E-state index is 12.4. The van der Waals surface area contributed by atoms with Gasteiger partial charge in [0.2, 0.25) is 10.0 Å². The maximum Gasteiger partial charge on any atom is 0.403 e. The quantitative estimate of drug-likeness (QED) is 0.706. The van der Waals surface area contributed by atoms with E-state index in [1.807, 2.05) is 0 Å². The number of piperidine rings is 1. The summed E-state index contributed by atoms with van der Waals surface area (Å²) in [5.41, 5.74) is 0. The van der Waals surface area contributed by atoms with Crippen LogP contribution in [0.4, 0.5) is 13.2 Å². The van der Waals surface area contributed by atoms with E-state index in [0.29, 0.717) is 13.0 Å². The molecule has 0 saturated carbocycles. The molecule has 0 spiro atoms. The second kappa shape index (κ2) is 6.87. The van der Waals surface area contributed by atoms with Crippen molar-refractivity contribution in [2.45, 2.75) is 37.5 Å². The van der Waals surface area contributed by atoms with Crippen molar-refractivity contribution in [3.63, 3.8) is 0 Å². The smallest absolute Gasteiger partial charge is 0.385 e. The second-order valence-electron chi connectivity index (χ2n) is 4.56. The number of ether oxygens (including phenoxy) is 1. The predicted molar refractivity (Wildman–Crippen MR) is 64.3 cm³/mol. The summed E-state index contributed by atoms with van der Waals surface area (Å²) in [4.78, 5) is 0. The normalized spacial score (nSPS) is 25.5. The molecular formula is C10H19F3N2O3S. The van der Waals surface area contributed by atoms with Gasteiger partial charge in [0.25, 0.3) is 0 Å². The molecule has 2 N–H and O–H groups in total. The Balaban J connectivity index is 2.36. The van der Waals surface area contributed by atoms with Crippen LogP contribution in [0.15, 0.2) is 0 Å². The molecule has 2 unspecified atom stereocenters. The third-order valence-corrected chi connectivity index (χ3v) is 4.44. The molecule has 0 amide bonds. The van der Waals surface area contributed by atoms with E-state index in [0.717, 1.165) is 0 Å². The monoisotopic (exact) mass is 304 g/mol. The molecule has 1 heterocycles. The van der Waals surface area contributed by atoms with Crippen LogP contribution in [-0.2, 0) is 14.8 Å². The zero-order chi connectivity index (χ0) is 14.5. The standard InChI is InChI=1S/C10H19F3N2O3S/c1-18-5-2-6-19(16,17)15-8-3-4-9(14-7-8)10(11,12)13/h8-9,14-15H,2-7H2,1H3. The van der Waals surface area contributed by atoms with Crippen LogP contribution in [-0.4, -0.2) is 52.7 Å². The van der Waals surface area contributed by atoms with E-state index in [1.165, 1.54) is 7.11 Å². The minimum atomic E-state index is -4.28. The summed E-state index contributed by atoms with van der Waals surface area (Å²) >= 11 is 0. The van der Waals surface area contributed by atoms with Gasteiger partial charge >= 0.3 is 6.18 Å². The van der Waals surface area contributed by atoms with E-state index in [2.05, 4.69) is 10.0 Å². The lowest BCUT2D eigenvalue weighted by Gasteiger charge is -2.31. The molecule has 1 saturated heterocycles. The average molecular weight is 304 g/mol. The first-order chi connectivity index (χ1) is 8.74. The van der Waals surface area contributed by atoms with Crippen molar-refractivity contribution in [1.82, 2.24) is 10.0 Å². The first-order valence-corrected chi connectivity index (χ1v) is 7.69. The van der Waals surface area contributed by atoms with Gasteiger partial charge in [-0.1, -0.05) is 0 Å². The summed E-state index contributed by atoms with van der Waals surface area (Å²) in [5.74, 6) is -0.0833. The Morgan fingerprint density at radius 2 is 2.05 bits per heavy atom. The number of hydrogen-bond acceptors (Lipinski definition) is 4. The minimum Gasteiger partial charge on any atom is -0.385 e. The summed E-state index contributed by atoms with van der Waals surface area (Å²) in [6, 6.07) is -2.02. The molecule has 9 heteroatoms. The Morgan fingerprint density at radius 1 is 1.37 bits per heavy atom. The lowest BCUT2D eigenvalue weighted by atomic mass is 10.0. The molecule has 1 rings (SSSR count). The van der Waals surface area contributed by atoms with Crippen LogP contribution >= 0.6 is 0 Å². The summed E-state index contributed by atoms with van der Waals surface area (Å²) in [6.07, 6.45) is -3.85. The van der Waals surface area contributed by atoms with Crippen LogP contribution in [0.3, 0.4) is 0 Å². The van der Waals surface area contributed by atoms with E-state index in [1.54, 1.807) is 0 Å². The average Bonchev–Trinajstić information content (AvgIpc) is 2.28. The molecule has 19 heavy (non-hydrogen) atoms. The van der Waals surface area contributed by atoms with Crippen molar-refractivity contribution in [3.05, 3.63) is 0 Å². The van der Waals surface area contributed by atoms with Gasteiger partial charge in [0, 0.05) is 26.3 Å². The third kappa shape index (κ3) is 6.07. The number of nitrogens with one attached hydrogen (secondary N) is 2. The van der Waals surface area contributed by atoms with E-state index < -0.39 is 28.3 Å². The number of halogens is 3. The fourth-order valence-electron chi connectivity index (χ4n) is 1.94. The molecule has 0 aromatic heterocycles. The topological polar surface area (TPSA) is 67.4 Å². The molecule has 1 aliphatic heterocycles. The highest BCUT2D eigenvalue weighted by atomic mass is 32.2. The fourth-order valence-corrected chi connectivity index (χ4v) is 3.27. The zero-order valence-corrected chi connectivity index (χ0v) is 11.5. The first kappa shape index (κ1) is 16.7. The van der Waals surface area contributed by atoms with Crippen molar-refractivity contribution >= 4 is 10.0 Å². The van der Waals surface area contributed by atoms with Gasteiger partial charge in [-0.2, -0.15) is 13.2 Å². The Morgan fingerprint density at radius 3 is 2.53 bits per heavy atom. The highest BCUT2D eigenvalue weighted by molar-refractivity contribution is 7.89. The van der Waals surface area contributed by atoms with Gasteiger partial charge in [0.15, 0.2) is 0 Å². The summed E-state index contributed by atoms with van der Waals surface area (Å²) in [7, 11) is -1.98. The lowest BCUT2D eigenvalue weighted by Crippen LogP contribution is -2.54. The minimum absolute atomic E-state index is 0.00627. The molecule has 0 bridgehead atoms. The van der Waals surface area contributed by atoms with Crippen LogP contribution in [0.25, 0.3) is 0 Å². The van der Waals surface area contributed by atoms with Crippen LogP contribution in [0.1, 0.15) is 19.3 Å². The highest BCUT2D eigenvalue weighted by Crippen LogP contribution is 2.26.